The van der Waals surface area contributed by atoms with Gasteiger partial charge in [-0.2, -0.15) is 0 Å². The molecule has 1 aliphatic heterocycles. The van der Waals surface area contributed by atoms with E-state index < -0.39 is 0 Å². The molecule has 3 nitrogen and oxygen atoms in total. The fourth-order valence-corrected chi connectivity index (χ4v) is 5.50. The molecular formula is C27H40BIN2OS. The Kier molecular flexibility index (Phi) is 12.1. The third-order valence-corrected chi connectivity index (χ3v) is 7.12. The molecule has 3 aromatic rings. The first-order valence-electron chi connectivity index (χ1n) is 12.1. The van der Waals surface area contributed by atoms with Gasteiger partial charge < -0.3 is 14.1 Å². The summed E-state index contributed by atoms with van der Waals surface area (Å²) >= 11 is 4.05. The van der Waals surface area contributed by atoms with Crippen molar-refractivity contribution >= 4 is 48.7 Å². The second kappa shape index (κ2) is 14.2. The van der Waals surface area contributed by atoms with Crippen LogP contribution in [0.5, 0.6) is 0 Å². The highest BCUT2D eigenvalue weighted by molar-refractivity contribution is 14.1. The molecular weight excluding hydrogens is 538 g/mol. The van der Waals surface area contributed by atoms with E-state index in [0.717, 1.165) is 12.2 Å². The number of fused-ring (bicyclic) bond motifs is 1. The molecule has 4 rings (SSSR count). The molecule has 1 aromatic carbocycles. The number of likely N-dealkylation sites (tertiary alicyclic amines) is 1. The predicted molar refractivity (Wildman–Crippen MR) is 157 cm³/mol. The maximum Gasteiger partial charge on any atom is 0.425 e. The van der Waals surface area contributed by atoms with Crippen LogP contribution in [-0.4, -0.2) is 34.4 Å². The number of hydrogen-bond acceptors (Lipinski definition) is 3. The quantitative estimate of drug-likeness (QED) is 0.167. The van der Waals surface area contributed by atoms with Gasteiger partial charge in [-0.25, -0.2) is 0 Å². The molecule has 1 fully saturated rings. The Morgan fingerprint density at radius 1 is 1.12 bits per heavy atom. The molecule has 6 heteroatoms. The molecule has 1 saturated heterocycles. The zero-order chi connectivity index (χ0) is 24.4. The van der Waals surface area contributed by atoms with Crippen LogP contribution in [0.25, 0.3) is 10.2 Å². The van der Waals surface area contributed by atoms with Crippen molar-refractivity contribution in [3.63, 3.8) is 0 Å². The lowest BCUT2D eigenvalue weighted by Crippen LogP contribution is -2.24. The normalized spacial score (nSPS) is 13.5. The molecule has 3 heterocycles. The Balaban J connectivity index is 0.000000362. The van der Waals surface area contributed by atoms with Crippen molar-refractivity contribution in [3.05, 3.63) is 70.4 Å². The van der Waals surface area contributed by atoms with Gasteiger partial charge >= 0.3 is 4.77 Å². The van der Waals surface area contributed by atoms with Crippen LogP contribution in [0.3, 0.4) is 0 Å². The molecule has 0 spiro atoms. The van der Waals surface area contributed by atoms with Crippen LogP contribution in [0.2, 0.25) is 6.82 Å². The average molecular weight is 578 g/mol. The van der Waals surface area contributed by atoms with Gasteiger partial charge in [0.25, 0.3) is 0 Å². The van der Waals surface area contributed by atoms with E-state index >= 15 is 0 Å². The second-order valence-corrected chi connectivity index (χ2v) is 11.1. The standard InChI is InChI=1S/C19H21BINOS.C6H13N.C2H6/c1-13-7-5-6-8-16(13)11-18-15(3)22(12-14(2)23-20(4)21)19-17(18)9-10-24-19;1-7-5-3-2-4-6-7;1-2/h5-10H,2,11-12H2,1,3-4H3;2-6H2,1H3;1-2H3. The number of aromatic nitrogens is 1. The van der Waals surface area contributed by atoms with Gasteiger partial charge in [0.2, 0.25) is 0 Å². The zero-order valence-electron chi connectivity index (χ0n) is 21.3. The molecule has 180 valence electrons. The van der Waals surface area contributed by atoms with Gasteiger partial charge in [0.05, 0.1) is 12.3 Å². The molecule has 0 saturated carbocycles. The number of hydrogen-bond donors (Lipinski definition) is 0. The number of nitrogens with zero attached hydrogens (tertiary/aromatic N) is 2. The monoisotopic (exact) mass is 578 g/mol. The molecule has 0 aliphatic carbocycles. The summed E-state index contributed by atoms with van der Waals surface area (Å²) in [6.45, 7) is 17.9. The molecule has 0 radical (unpaired) electrons. The number of piperidine rings is 1. The first-order chi connectivity index (χ1) is 15.9. The van der Waals surface area contributed by atoms with Crippen LogP contribution in [-0.2, 0) is 17.6 Å². The molecule has 0 N–H and O–H groups in total. The Hall–Kier alpha value is -1.25. The summed E-state index contributed by atoms with van der Waals surface area (Å²) in [6, 6.07) is 10.9. The lowest BCUT2D eigenvalue weighted by molar-refractivity contribution is 0.277. The highest BCUT2D eigenvalue weighted by Gasteiger charge is 2.17. The highest BCUT2D eigenvalue weighted by atomic mass is 127. The van der Waals surface area contributed by atoms with Crippen molar-refractivity contribution in [2.45, 2.75) is 66.7 Å². The Bertz CT molecular complexity index is 1000. The summed E-state index contributed by atoms with van der Waals surface area (Å²) in [4.78, 5) is 3.70. The van der Waals surface area contributed by atoms with E-state index in [-0.39, 0.29) is 4.77 Å². The number of thiophene rings is 1. The minimum atomic E-state index is 0.135. The summed E-state index contributed by atoms with van der Waals surface area (Å²) < 4.78 is 8.23. The highest BCUT2D eigenvalue weighted by Crippen LogP contribution is 2.33. The SMILES string of the molecule is C=C(Cn1c(C)c(Cc2ccccc2C)c2ccsc21)OB(C)I.CC.CN1CCCCC1. The minimum Gasteiger partial charge on any atom is -0.553 e. The first kappa shape index (κ1) is 28.0. The fraction of sp³-hybridized carbons (Fsp3) is 0.481. The van der Waals surface area contributed by atoms with Crippen LogP contribution < -0.4 is 0 Å². The first-order valence-corrected chi connectivity index (χ1v) is 14.3. The lowest BCUT2D eigenvalue weighted by Gasteiger charge is -2.20. The number of rotatable bonds is 6. The van der Waals surface area contributed by atoms with E-state index in [9.17, 15) is 0 Å². The van der Waals surface area contributed by atoms with E-state index in [1.165, 1.54) is 65.0 Å². The summed E-state index contributed by atoms with van der Waals surface area (Å²) in [5, 5.41) is 3.53. The summed E-state index contributed by atoms with van der Waals surface area (Å²) in [5.74, 6) is 0.813. The molecule has 0 bridgehead atoms. The molecule has 2 aromatic heterocycles. The maximum atomic E-state index is 5.76. The summed E-state index contributed by atoms with van der Waals surface area (Å²) in [5.41, 5.74) is 5.46. The lowest BCUT2D eigenvalue weighted by atomic mass is 9.99. The Morgan fingerprint density at radius 2 is 1.79 bits per heavy atom. The van der Waals surface area contributed by atoms with E-state index in [0.29, 0.717) is 6.54 Å². The number of aryl methyl sites for hydroxylation is 1. The van der Waals surface area contributed by atoms with Crippen LogP contribution in [0.4, 0.5) is 0 Å². The predicted octanol–water partition coefficient (Wildman–Crippen LogP) is 8.12. The zero-order valence-corrected chi connectivity index (χ0v) is 24.3. The van der Waals surface area contributed by atoms with Crippen molar-refractivity contribution in [2.75, 3.05) is 20.1 Å². The van der Waals surface area contributed by atoms with Crippen molar-refractivity contribution in [1.82, 2.24) is 9.47 Å². The molecule has 0 amide bonds. The van der Waals surface area contributed by atoms with Crippen molar-refractivity contribution in [3.8, 4) is 0 Å². The van der Waals surface area contributed by atoms with Crippen LogP contribution in [0, 0.1) is 13.8 Å². The van der Waals surface area contributed by atoms with E-state index in [1.807, 2.05) is 20.7 Å². The molecule has 1 aliphatic rings. The minimum absolute atomic E-state index is 0.135. The third kappa shape index (κ3) is 8.18. The second-order valence-electron chi connectivity index (χ2n) is 8.46. The van der Waals surface area contributed by atoms with Gasteiger partial charge in [0, 0.05) is 17.5 Å². The number of benzene rings is 1. The number of halogens is 1. The van der Waals surface area contributed by atoms with Gasteiger partial charge in [-0.3, -0.25) is 0 Å². The third-order valence-electron chi connectivity index (χ3n) is 5.93. The van der Waals surface area contributed by atoms with Crippen molar-refractivity contribution in [2.24, 2.45) is 0 Å². The van der Waals surface area contributed by atoms with Crippen molar-refractivity contribution in [1.29, 1.82) is 0 Å². The average Bonchev–Trinajstić information content (AvgIpc) is 3.35. The van der Waals surface area contributed by atoms with Crippen molar-refractivity contribution < 1.29 is 4.65 Å². The maximum absolute atomic E-state index is 5.76. The van der Waals surface area contributed by atoms with Crippen LogP contribution in [0.1, 0.15) is 55.5 Å². The van der Waals surface area contributed by atoms with E-state index in [2.05, 4.69) is 95.0 Å². The van der Waals surface area contributed by atoms with Gasteiger partial charge in [0.1, 0.15) is 4.83 Å². The van der Waals surface area contributed by atoms with Gasteiger partial charge in [-0.05, 0) is 81.8 Å². The summed E-state index contributed by atoms with van der Waals surface area (Å²) in [7, 11) is 2.19. The fourth-order valence-electron chi connectivity index (χ4n) is 4.16. The Labute approximate surface area is 219 Å². The Morgan fingerprint density at radius 3 is 2.36 bits per heavy atom. The largest absolute Gasteiger partial charge is 0.553 e. The molecule has 33 heavy (non-hydrogen) atoms. The topological polar surface area (TPSA) is 17.4 Å². The van der Waals surface area contributed by atoms with Crippen LogP contribution in [0.15, 0.2) is 48.0 Å². The van der Waals surface area contributed by atoms with E-state index in [1.54, 1.807) is 11.3 Å². The van der Waals surface area contributed by atoms with E-state index in [4.69, 9.17) is 4.65 Å². The van der Waals surface area contributed by atoms with Crippen LogP contribution >= 0.6 is 33.7 Å². The van der Waals surface area contributed by atoms with Gasteiger partial charge in [-0.15, -0.1) is 11.3 Å². The number of allylic oxidation sites excluding steroid dienone is 1. The molecule has 0 unspecified atom stereocenters. The van der Waals surface area contributed by atoms with Gasteiger partial charge in [-0.1, -0.05) is 73.5 Å². The molecule has 0 atom stereocenters. The summed E-state index contributed by atoms with van der Waals surface area (Å²) in [6.07, 6.45) is 5.24. The van der Waals surface area contributed by atoms with Gasteiger partial charge in [0.15, 0.2) is 0 Å². The smallest absolute Gasteiger partial charge is 0.425 e.